The number of carboxylic acids is 1. The molecule has 1 aliphatic heterocycles. The average Bonchev–Trinajstić information content (AvgIpc) is 3.62. The number of rotatable bonds is 12. The fourth-order valence-corrected chi connectivity index (χ4v) is 10.7. The predicted octanol–water partition coefficient (Wildman–Crippen LogP) is 4.13. The molecule has 0 unspecified atom stereocenters. The first-order valence-electron chi connectivity index (χ1n) is 18.6. The van der Waals surface area contributed by atoms with Gasteiger partial charge in [0.1, 0.15) is 6.61 Å². The number of ether oxygens (including phenoxy) is 2. The van der Waals surface area contributed by atoms with E-state index >= 15 is 0 Å². The molecule has 7 N–H and O–H groups in total. The van der Waals surface area contributed by atoms with Crippen LogP contribution in [0.2, 0.25) is 0 Å². The van der Waals surface area contributed by atoms with Crippen LogP contribution >= 0.6 is 7.82 Å². The zero-order valence-corrected chi connectivity index (χ0v) is 31.5. The van der Waals surface area contributed by atoms with Crippen LogP contribution in [0, 0.1) is 28.6 Å². The Morgan fingerprint density at radius 3 is 2.56 bits per heavy atom. The highest BCUT2D eigenvalue weighted by Gasteiger charge is 2.76. The van der Waals surface area contributed by atoms with Crippen LogP contribution in [0.5, 0.6) is 0 Å². The van der Waals surface area contributed by atoms with Crippen molar-refractivity contribution >= 4 is 37.0 Å². The van der Waals surface area contributed by atoms with Crippen molar-refractivity contribution in [2.75, 3.05) is 11.9 Å². The number of aliphatic carboxylic acids is 1. The van der Waals surface area contributed by atoms with Gasteiger partial charge in [0, 0.05) is 34.4 Å². The number of carbonyl (C=O) groups excluding carboxylic acids is 3. The number of phosphoric acid groups is 1. The fourth-order valence-electron chi connectivity index (χ4n) is 10.4. The number of carboxylic acid groups (broad SMARTS) is 1. The molecule has 1 saturated heterocycles. The molecule has 0 bridgehead atoms. The van der Waals surface area contributed by atoms with Crippen molar-refractivity contribution in [1.82, 2.24) is 0 Å². The van der Waals surface area contributed by atoms with Gasteiger partial charge in [0.05, 0.1) is 18.2 Å². The standard InChI is InChI=1S/C40H47N2O12P/c1-38-15-14-27(43)18-25(38)10-11-28-29-19-33-40(32(45)21-52-55(49,50)51,39(29,2)20-31(44)35(28)38)54-37(53-33)24-8-6-22(7-9-24)16-23-4-3-5-26(17-23)42-36(48)30(41)12-13-34(46)47/h3-9,14-15,17-18,28-31,33,35,37,44H,10-13,16,19-21,41H2,1-2H3,(H,42,48)(H,46,47)(H2,49,50,51)/t28-,29-,30-,31-,33+,35+,37+,38-,39-,40+/m0/s1. The number of ketones is 2. The Morgan fingerprint density at radius 2 is 1.85 bits per heavy atom. The van der Waals surface area contributed by atoms with Crippen LogP contribution < -0.4 is 11.1 Å². The van der Waals surface area contributed by atoms with Crippen molar-refractivity contribution in [3.8, 4) is 0 Å². The monoisotopic (exact) mass is 778 g/mol. The number of nitrogens with one attached hydrogen (secondary N) is 1. The van der Waals surface area contributed by atoms with Crippen LogP contribution in [-0.2, 0) is 44.2 Å². The number of hydrogen-bond acceptors (Lipinski definition) is 10. The summed E-state index contributed by atoms with van der Waals surface area (Å²) in [4.78, 5) is 68.9. The van der Waals surface area contributed by atoms with Crippen LogP contribution in [0.25, 0.3) is 0 Å². The summed E-state index contributed by atoms with van der Waals surface area (Å²) in [7, 11) is -5.01. The van der Waals surface area contributed by atoms with E-state index in [1.165, 1.54) is 0 Å². The summed E-state index contributed by atoms with van der Waals surface area (Å²) in [6, 6.07) is 13.7. The largest absolute Gasteiger partial charge is 0.481 e. The van der Waals surface area contributed by atoms with Gasteiger partial charge < -0.3 is 40.5 Å². The third kappa shape index (κ3) is 7.19. The highest BCUT2D eigenvalue weighted by molar-refractivity contribution is 7.46. The molecule has 3 saturated carbocycles. The maximum atomic E-state index is 14.3. The minimum atomic E-state index is -5.01. The number of carbonyl (C=O) groups is 4. The maximum Gasteiger partial charge on any atom is 0.470 e. The quantitative estimate of drug-likeness (QED) is 0.167. The van der Waals surface area contributed by atoms with E-state index in [9.17, 15) is 38.6 Å². The Hall–Kier alpha value is -3.85. The van der Waals surface area contributed by atoms with Crippen molar-refractivity contribution in [3.63, 3.8) is 0 Å². The first-order chi connectivity index (χ1) is 25.9. The van der Waals surface area contributed by atoms with Crippen molar-refractivity contribution in [1.29, 1.82) is 0 Å². The minimum Gasteiger partial charge on any atom is -0.481 e. The van der Waals surface area contributed by atoms with Crippen molar-refractivity contribution in [3.05, 3.63) is 89.0 Å². The smallest absolute Gasteiger partial charge is 0.470 e. The van der Waals surface area contributed by atoms with Crippen LogP contribution in [0.15, 0.2) is 72.3 Å². The molecule has 1 amide bonds. The molecule has 294 valence electrons. The van der Waals surface area contributed by atoms with E-state index in [0.29, 0.717) is 36.9 Å². The second-order valence-electron chi connectivity index (χ2n) is 16.1. The summed E-state index contributed by atoms with van der Waals surface area (Å²) >= 11 is 0. The lowest BCUT2D eigenvalue weighted by Crippen LogP contribution is -2.63. The zero-order chi connectivity index (χ0) is 39.5. The number of allylic oxidation sites excluding steroid dienone is 4. The van der Waals surface area contributed by atoms with Crippen LogP contribution in [0.3, 0.4) is 0 Å². The topological polar surface area (TPSA) is 232 Å². The lowest BCUT2D eigenvalue weighted by molar-refractivity contribution is -0.200. The normalized spacial score (nSPS) is 34.1. The number of fused-ring (bicyclic) bond motifs is 7. The van der Waals surface area contributed by atoms with Gasteiger partial charge in [-0.2, -0.15) is 0 Å². The Bertz CT molecular complexity index is 1990. The molecule has 2 aromatic rings. The maximum absolute atomic E-state index is 14.3. The van der Waals surface area contributed by atoms with Gasteiger partial charge in [0.2, 0.25) is 5.91 Å². The molecule has 2 aromatic carbocycles. The summed E-state index contributed by atoms with van der Waals surface area (Å²) < 4.78 is 29.8. The number of amides is 1. The molecule has 0 radical (unpaired) electrons. The summed E-state index contributed by atoms with van der Waals surface area (Å²) in [5.41, 5.74) is 6.64. The van der Waals surface area contributed by atoms with Gasteiger partial charge in [0.15, 0.2) is 23.5 Å². The number of phosphoric ester groups is 1. The molecule has 0 aromatic heterocycles. The molecule has 10 atom stereocenters. The Labute approximate surface area is 318 Å². The third-order valence-corrected chi connectivity index (χ3v) is 13.3. The van der Waals surface area contributed by atoms with Gasteiger partial charge in [-0.05, 0) is 85.8 Å². The number of Topliss-reactive ketones (excluding diaryl/α,β-unsaturated/α-hetero) is 1. The number of nitrogens with two attached hydrogens (primary N) is 1. The van der Waals surface area contributed by atoms with Gasteiger partial charge in [-0.15, -0.1) is 0 Å². The first-order valence-corrected chi connectivity index (χ1v) is 20.1. The highest BCUT2D eigenvalue weighted by Crippen LogP contribution is 2.70. The van der Waals surface area contributed by atoms with E-state index < -0.39 is 73.1 Å². The molecule has 5 aliphatic rings. The Balaban J connectivity index is 1.10. The molecule has 0 spiro atoms. The SMILES string of the molecule is C[C@]12C=CC(=O)C=C1CC[C@@H]1[C@@H]2[C@@H](O)C[C@@]2(C)[C@H]1C[C@H]1O[C@@H](c3ccc(Cc4cccc(NC(=O)[C@@H](N)CCC(=O)O)c4)cc3)O[C@]12C(=O)COP(=O)(O)O. The average molecular weight is 779 g/mol. The van der Waals surface area contributed by atoms with E-state index in [0.717, 1.165) is 16.7 Å². The van der Waals surface area contributed by atoms with E-state index in [1.807, 2.05) is 49.4 Å². The molecule has 15 heteroatoms. The van der Waals surface area contributed by atoms with E-state index in [-0.39, 0.29) is 42.8 Å². The number of aliphatic hydroxyl groups excluding tert-OH is 1. The van der Waals surface area contributed by atoms with Crippen molar-refractivity contribution in [2.24, 2.45) is 34.3 Å². The van der Waals surface area contributed by atoms with E-state index in [2.05, 4.69) is 12.2 Å². The number of aliphatic hydroxyl groups is 1. The molecule has 7 rings (SSSR count). The number of anilines is 1. The summed E-state index contributed by atoms with van der Waals surface area (Å²) in [5, 5.41) is 23.6. The Kier molecular flexibility index (Phi) is 10.4. The van der Waals surface area contributed by atoms with Gasteiger partial charge in [-0.25, -0.2) is 4.57 Å². The molecule has 14 nitrogen and oxygen atoms in total. The molecular weight excluding hydrogens is 731 g/mol. The lowest BCUT2D eigenvalue weighted by Gasteiger charge is -2.59. The molecule has 4 aliphatic carbocycles. The van der Waals surface area contributed by atoms with Crippen LogP contribution in [0.4, 0.5) is 5.69 Å². The Morgan fingerprint density at radius 1 is 1.11 bits per heavy atom. The second-order valence-corrected chi connectivity index (χ2v) is 17.3. The number of hydrogen-bond donors (Lipinski definition) is 6. The van der Waals surface area contributed by atoms with Gasteiger partial charge in [-0.3, -0.25) is 23.7 Å². The van der Waals surface area contributed by atoms with Crippen LogP contribution in [0.1, 0.15) is 75.4 Å². The third-order valence-electron chi connectivity index (χ3n) is 12.9. The van der Waals surface area contributed by atoms with Crippen LogP contribution in [-0.4, -0.2) is 73.9 Å². The number of benzene rings is 2. The highest BCUT2D eigenvalue weighted by atomic mass is 31.2. The molecule has 4 fully saturated rings. The predicted molar refractivity (Wildman–Crippen MR) is 197 cm³/mol. The summed E-state index contributed by atoms with van der Waals surface area (Å²) in [5.74, 6) is -2.63. The van der Waals surface area contributed by atoms with Crippen molar-refractivity contribution in [2.45, 2.75) is 88.9 Å². The first kappa shape index (κ1) is 39.4. The summed E-state index contributed by atoms with van der Waals surface area (Å²) in [6.45, 7) is 3.07. The summed E-state index contributed by atoms with van der Waals surface area (Å²) in [6.07, 6.45) is 4.77. The minimum absolute atomic E-state index is 0.0154. The van der Waals surface area contributed by atoms with E-state index in [1.54, 1.807) is 24.3 Å². The van der Waals surface area contributed by atoms with Gasteiger partial charge >= 0.3 is 13.8 Å². The zero-order valence-electron chi connectivity index (χ0n) is 30.6. The molecular formula is C40H47N2O12P. The lowest BCUT2D eigenvalue weighted by atomic mass is 9.46. The van der Waals surface area contributed by atoms with Gasteiger partial charge in [0.25, 0.3) is 0 Å². The van der Waals surface area contributed by atoms with Crippen molar-refractivity contribution < 1.29 is 57.7 Å². The molecule has 1 heterocycles. The van der Waals surface area contributed by atoms with Gasteiger partial charge in [-0.1, -0.05) is 61.9 Å². The van der Waals surface area contributed by atoms with E-state index in [4.69, 9.17) is 24.8 Å². The second kappa shape index (κ2) is 14.6. The molecule has 55 heavy (non-hydrogen) atoms. The fraction of sp³-hybridized carbons (Fsp3) is 0.500.